The minimum Gasteiger partial charge on any atom is -0.456 e. The van der Waals surface area contributed by atoms with Gasteiger partial charge >= 0.3 is 0 Å². The molecule has 0 amide bonds. The van der Waals surface area contributed by atoms with Crippen LogP contribution in [0.15, 0.2) is 205 Å². The molecule has 0 radical (unpaired) electrons. The smallest absolute Gasteiger partial charge is 0.164 e. The van der Waals surface area contributed by atoms with Gasteiger partial charge in [0.1, 0.15) is 11.2 Å². The van der Waals surface area contributed by atoms with Gasteiger partial charge in [0.05, 0.1) is 0 Å². The molecule has 0 N–H and O–H groups in total. The summed E-state index contributed by atoms with van der Waals surface area (Å²) in [6.45, 7) is 0. The summed E-state index contributed by atoms with van der Waals surface area (Å²) in [5.41, 5.74) is 13.9. The van der Waals surface area contributed by atoms with E-state index in [9.17, 15) is 0 Å². The quantitative estimate of drug-likeness (QED) is 0.166. The van der Waals surface area contributed by atoms with Crippen LogP contribution in [0, 0.1) is 0 Å². The monoisotopic (exact) mass is 703 g/mol. The highest BCUT2D eigenvalue weighted by Crippen LogP contribution is 2.40. The van der Waals surface area contributed by atoms with Gasteiger partial charge in [-0.2, -0.15) is 0 Å². The molecule has 0 atom stereocenters. The Kier molecular flexibility index (Phi) is 8.12. The highest BCUT2D eigenvalue weighted by Gasteiger charge is 2.16. The van der Waals surface area contributed by atoms with Crippen LogP contribution in [0.5, 0.6) is 0 Å². The Morgan fingerprint density at radius 1 is 0.273 bits per heavy atom. The zero-order chi connectivity index (χ0) is 36.6. The lowest BCUT2D eigenvalue weighted by molar-refractivity contribution is 0.669. The Morgan fingerprint density at radius 2 is 0.673 bits per heavy atom. The Labute approximate surface area is 319 Å². The number of benzene rings is 8. The van der Waals surface area contributed by atoms with E-state index in [1.54, 1.807) is 0 Å². The zero-order valence-electron chi connectivity index (χ0n) is 29.8. The van der Waals surface area contributed by atoms with Crippen LogP contribution in [0.1, 0.15) is 0 Å². The van der Waals surface area contributed by atoms with E-state index in [4.69, 9.17) is 19.4 Å². The van der Waals surface area contributed by atoms with Crippen molar-refractivity contribution in [2.45, 2.75) is 0 Å². The average Bonchev–Trinajstić information content (AvgIpc) is 3.66. The van der Waals surface area contributed by atoms with E-state index in [1.165, 1.54) is 22.3 Å². The van der Waals surface area contributed by atoms with Crippen molar-refractivity contribution in [3.8, 4) is 78.7 Å². The summed E-state index contributed by atoms with van der Waals surface area (Å²) in [7, 11) is 0. The van der Waals surface area contributed by atoms with E-state index in [0.717, 1.165) is 60.9 Å². The van der Waals surface area contributed by atoms with Gasteiger partial charge in [0.25, 0.3) is 0 Å². The molecule has 0 saturated heterocycles. The highest BCUT2D eigenvalue weighted by atomic mass is 16.3. The molecule has 258 valence electrons. The summed E-state index contributed by atoms with van der Waals surface area (Å²) in [5, 5.41) is 2.18. The predicted octanol–water partition coefficient (Wildman–Crippen LogP) is 13.4. The van der Waals surface area contributed by atoms with Crippen molar-refractivity contribution in [3.05, 3.63) is 200 Å². The molecule has 4 nitrogen and oxygen atoms in total. The molecular weight excluding hydrogens is 671 g/mol. The maximum atomic E-state index is 6.41. The molecular formula is C51H33N3O. The number of furan rings is 1. The number of fused-ring (bicyclic) bond motifs is 3. The number of nitrogens with zero attached hydrogens (tertiary/aromatic N) is 3. The fraction of sp³-hybridized carbons (Fsp3) is 0. The summed E-state index contributed by atoms with van der Waals surface area (Å²) in [4.78, 5) is 14.7. The standard InChI is InChI=1S/C51H33N3O/c1-4-13-35(14-5-1)42-19-10-11-20-43(42)36-25-23-34(24-26-36)41-31-32-46-45(33-41)48-44(21-12-22-47(48)55-46)37-27-29-40(30-28-37)51-53-49(38-15-6-2-7-16-38)52-50(54-51)39-17-8-3-9-18-39/h1-33H. The van der Waals surface area contributed by atoms with Gasteiger partial charge in [0, 0.05) is 27.5 Å². The average molecular weight is 704 g/mol. The van der Waals surface area contributed by atoms with Crippen LogP contribution in [0.3, 0.4) is 0 Å². The molecule has 0 spiro atoms. The van der Waals surface area contributed by atoms with E-state index >= 15 is 0 Å². The molecule has 0 aliphatic rings. The summed E-state index contributed by atoms with van der Waals surface area (Å²) < 4.78 is 6.41. The van der Waals surface area contributed by atoms with Gasteiger partial charge in [-0.3, -0.25) is 0 Å². The maximum Gasteiger partial charge on any atom is 0.164 e. The second-order valence-corrected chi connectivity index (χ2v) is 13.6. The number of rotatable bonds is 7. The zero-order valence-corrected chi connectivity index (χ0v) is 29.8. The van der Waals surface area contributed by atoms with Crippen LogP contribution in [-0.4, -0.2) is 15.0 Å². The summed E-state index contributed by atoms with van der Waals surface area (Å²) >= 11 is 0. The van der Waals surface area contributed by atoms with Gasteiger partial charge < -0.3 is 4.42 Å². The lowest BCUT2D eigenvalue weighted by Crippen LogP contribution is -2.00. The van der Waals surface area contributed by atoms with E-state index in [1.807, 2.05) is 66.7 Å². The van der Waals surface area contributed by atoms with Gasteiger partial charge in [-0.05, 0) is 62.7 Å². The third-order valence-electron chi connectivity index (χ3n) is 10.2. The summed E-state index contributed by atoms with van der Waals surface area (Å²) in [6.07, 6.45) is 0. The van der Waals surface area contributed by atoms with Crippen LogP contribution in [0.25, 0.3) is 101 Å². The first kappa shape index (κ1) is 32.2. The predicted molar refractivity (Wildman–Crippen MR) is 225 cm³/mol. The molecule has 4 heteroatoms. The van der Waals surface area contributed by atoms with Crippen molar-refractivity contribution < 1.29 is 4.42 Å². The lowest BCUT2D eigenvalue weighted by atomic mass is 9.93. The minimum absolute atomic E-state index is 0.630. The molecule has 10 rings (SSSR count). The Balaban J connectivity index is 1.00. The molecule has 0 unspecified atom stereocenters. The van der Waals surface area contributed by atoms with Gasteiger partial charge in [-0.25, -0.2) is 15.0 Å². The Hall–Kier alpha value is -7.43. The molecule has 2 heterocycles. The molecule has 0 aliphatic carbocycles. The molecule has 55 heavy (non-hydrogen) atoms. The van der Waals surface area contributed by atoms with Gasteiger partial charge in [0.15, 0.2) is 17.5 Å². The summed E-state index contributed by atoms with van der Waals surface area (Å²) in [6, 6.07) is 69.4. The van der Waals surface area contributed by atoms with E-state index in [2.05, 4.69) is 133 Å². The van der Waals surface area contributed by atoms with Crippen molar-refractivity contribution in [3.63, 3.8) is 0 Å². The van der Waals surface area contributed by atoms with Crippen molar-refractivity contribution in [2.24, 2.45) is 0 Å². The number of hydrogen-bond donors (Lipinski definition) is 0. The molecule has 8 aromatic carbocycles. The van der Waals surface area contributed by atoms with Crippen molar-refractivity contribution in [1.29, 1.82) is 0 Å². The van der Waals surface area contributed by atoms with Crippen LogP contribution >= 0.6 is 0 Å². The molecule has 0 aliphatic heterocycles. The SMILES string of the molecule is c1ccc(-c2nc(-c3ccccc3)nc(-c3ccc(-c4cccc5oc6ccc(-c7ccc(-c8ccccc8-c8ccccc8)cc7)cc6c45)cc3)n2)cc1. The van der Waals surface area contributed by atoms with E-state index < -0.39 is 0 Å². The van der Waals surface area contributed by atoms with Crippen LogP contribution in [0.2, 0.25) is 0 Å². The molecule has 0 fully saturated rings. The molecule has 0 saturated carbocycles. The van der Waals surface area contributed by atoms with Crippen molar-refractivity contribution >= 4 is 21.9 Å². The fourth-order valence-corrected chi connectivity index (χ4v) is 7.43. The first-order chi connectivity index (χ1) is 27.2. The van der Waals surface area contributed by atoms with E-state index in [-0.39, 0.29) is 0 Å². The number of aromatic nitrogens is 3. The van der Waals surface area contributed by atoms with Gasteiger partial charge in [-0.15, -0.1) is 0 Å². The molecule has 0 bridgehead atoms. The third kappa shape index (κ3) is 6.16. The van der Waals surface area contributed by atoms with Crippen molar-refractivity contribution in [1.82, 2.24) is 15.0 Å². The first-order valence-corrected chi connectivity index (χ1v) is 18.4. The minimum atomic E-state index is 0.630. The second-order valence-electron chi connectivity index (χ2n) is 13.6. The molecule has 2 aromatic heterocycles. The Morgan fingerprint density at radius 3 is 1.24 bits per heavy atom. The highest BCUT2D eigenvalue weighted by molar-refractivity contribution is 6.13. The summed E-state index contributed by atoms with van der Waals surface area (Å²) in [5.74, 6) is 1.92. The third-order valence-corrected chi connectivity index (χ3v) is 10.2. The largest absolute Gasteiger partial charge is 0.456 e. The lowest BCUT2D eigenvalue weighted by Gasteiger charge is -2.11. The van der Waals surface area contributed by atoms with Gasteiger partial charge in [-0.1, -0.05) is 182 Å². The fourth-order valence-electron chi connectivity index (χ4n) is 7.43. The first-order valence-electron chi connectivity index (χ1n) is 18.4. The number of hydrogen-bond acceptors (Lipinski definition) is 4. The normalized spacial score (nSPS) is 11.3. The van der Waals surface area contributed by atoms with Crippen molar-refractivity contribution in [2.75, 3.05) is 0 Å². The topological polar surface area (TPSA) is 51.8 Å². The molecule has 10 aromatic rings. The van der Waals surface area contributed by atoms with Gasteiger partial charge in [0.2, 0.25) is 0 Å². The van der Waals surface area contributed by atoms with E-state index in [0.29, 0.717) is 17.5 Å². The van der Waals surface area contributed by atoms with Crippen LogP contribution in [-0.2, 0) is 0 Å². The van der Waals surface area contributed by atoms with Crippen LogP contribution in [0.4, 0.5) is 0 Å². The second kappa shape index (κ2) is 13.8. The maximum absolute atomic E-state index is 6.41. The van der Waals surface area contributed by atoms with Crippen LogP contribution < -0.4 is 0 Å². The Bertz CT molecular complexity index is 2880.